The Morgan fingerprint density at radius 2 is 1.63 bits per heavy atom. The maximum Gasteiger partial charge on any atom is 0.229 e. The fourth-order valence-corrected chi connectivity index (χ4v) is 4.43. The summed E-state index contributed by atoms with van der Waals surface area (Å²) in [6, 6.07) is 14.3. The predicted molar refractivity (Wildman–Crippen MR) is 117 cm³/mol. The molecule has 1 unspecified atom stereocenters. The summed E-state index contributed by atoms with van der Waals surface area (Å²) in [5.41, 5.74) is 3.42. The molecular formula is C22H22N4O3S. The number of carbonyl (C=O) groups is 1. The summed E-state index contributed by atoms with van der Waals surface area (Å²) in [6.07, 6.45) is 4.58. The molecular weight excluding hydrogens is 400 g/mol. The van der Waals surface area contributed by atoms with Crippen LogP contribution in [0.3, 0.4) is 0 Å². The first-order valence-corrected chi connectivity index (χ1v) is 11.4. The van der Waals surface area contributed by atoms with Gasteiger partial charge >= 0.3 is 0 Å². The van der Waals surface area contributed by atoms with Gasteiger partial charge in [-0.05, 0) is 48.4 Å². The van der Waals surface area contributed by atoms with Crippen LogP contribution in [0.25, 0.3) is 11.1 Å². The Morgan fingerprint density at radius 1 is 1.00 bits per heavy atom. The van der Waals surface area contributed by atoms with Gasteiger partial charge in [0, 0.05) is 32.1 Å². The number of amides is 1. The number of anilines is 3. The van der Waals surface area contributed by atoms with Crippen LogP contribution in [0.4, 0.5) is 17.3 Å². The Balaban J connectivity index is 1.83. The van der Waals surface area contributed by atoms with Gasteiger partial charge in [-0.3, -0.25) is 4.79 Å². The number of hydrogen-bond donors (Lipinski definition) is 0. The molecule has 1 amide bonds. The molecule has 0 radical (unpaired) electrons. The van der Waals surface area contributed by atoms with Crippen molar-refractivity contribution < 1.29 is 13.2 Å². The number of fused-ring (bicyclic) bond motifs is 1. The van der Waals surface area contributed by atoms with Crippen molar-refractivity contribution in [3.05, 3.63) is 60.9 Å². The van der Waals surface area contributed by atoms with Gasteiger partial charge in [-0.1, -0.05) is 18.2 Å². The van der Waals surface area contributed by atoms with E-state index >= 15 is 0 Å². The van der Waals surface area contributed by atoms with E-state index in [-0.39, 0.29) is 16.8 Å². The molecule has 1 aliphatic heterocycles. The molecule has 1 aromatic heterocycles. The lowest BCUT2D eigenvalue weighted by Gasteiger charge is -2.41. The van der Waals surface area contributed by atoms with Gasteiger partial charge < -0.3 is 9.80 Å². The monoisotopic (exact) mass is 422 g/mol. The minimum absolute atomic E-state index is 0.0253. The number of aromatic nitrogens is 2. The molecule has 30 heavy (non-hydrogen) atoms. The van der Waals surface area contributed by atoms with Gasteiger partial charge in [0.15, 0.2) is 9.84 Å². The van der Waals surface area contributed by atoms with Crippen LogP contribution in [-0.2, 0) is 14.6 Å². The summed E-state index contributed by atoms with van der Waals surface area (Å²) < 4.78 is 23.5. The summed E-state index contributed by atoms with van der Waals surface area (Å²) >= 11 is 0. The van der Waals surface area contributed by atoms with Gasteiger partial charge in [0.2, 0.25) is 11.9 Å². The van der Waals surface area contributed by atoms with Crippen LogP contribution in [0.2, 0.25) is 0 Å². The second kappa shape index (κ2) is 7.53. The number of sulfone groups is 1. The molecule has 0 N–H and O–H groups in total. The molecule has 7 nitrogen and oxygen atoms in total. The number of hydrogen-bond acceptors (Lipinski definition) is 6. The van der Waals surface area contributed by atoms with E-state index < -0.39 is 9.84 Å². The highest BCUT2D eigenvalue weighted by molar-refractivity contribution is 7.90. The normalized spacial score (nSPS) is 16.3. The molecule has 3 aromatic rings. The Hall–Kier alpha value is -3.26. The third-order valence-corrected chi connectivity index (χ3v) is 6.29. The molecule has 0 saturated carbocycles. The molecule has 0 saturated heterocycles. The molecule has 1 aliphatic rings. The highest BCUT2D eigenvalue weighted by Gasteiger charge is 2.32. The maximum atomic E-state index is 12.3. The second-order valence-corrected chi connectivity index (χ2v) is 9.41. The summed E-state index contributed by atoms with van der Waals surface area (Å²) in [4.78, 5) is 25.2. The Labute approximate surface area is 175 Å². The molecule has 154 valence electrons. The van der Waals surface area contributed by atoms with Crippen LogP contribution >= 0.6 is 0 Å². The van der Waals surface area contributed by atoms with Gasteiger partial charge in [0.05, 0.1) is 22.3 Å². The van der Waals surface area contributed by atoms with Crippen molar-refractivity contribution in [3.63, 3.8) is 0 Å². The van der Waals surface area contributed by atoms with E-state index in [1.807, 2.05) is 30.0 Å². The van der Waals surface area contributed by atoms with E-state index in [2.05, 4.69) is 9.97 Å². The van der Waals surface area contributed by atoms with Crippen molar-refractivity contribution in [1.29, 1.82) is 0 Å². The first-order valence-electron chi connectivity index (χ1n) is 9.54. The van der Waals surface area contributed by atoms with Crippen LogP contribution in [-0.4, -0.2) is 43.1 Å². The number of rotatable bonds is 3. The number of nitrogens with zero attached hydrogens (tertiary/aromatic N) is 4. The smallest absolute Gasteiger partial charge is 0.229 e. The van der Waals surface area contributed by atoms with Crippen molar-refractivity contribution in [2.75, 3.05) is 22.6 Å². The standard InChI is InChI=1S/C22H22N4O3S/c1-15-14-25(22-23-11-4-12-24-22)21-13-18(7-10-20(21)26(15)16(2)27)17-5-8-19(9-6-17)30(3,28)29/h4-13,15H,14H2,1-3H3. The quantitative estimate of drug-likeness (QED) is 0.643. The fourth-order valence-electron chi connectivity index (χ4n) is 3.80. The molecule has 4 rings (SSSR count). The zero-order valence-electron chi connectivity index (χ0n) is 17.0. The van der Waals surface area contributed by atoms with Crippen LogP contribution in [0, 0.1) is 0 Å². The van der Waals surface area contributed by atoms with Crippen molar-refractivity contribution in [2.45, 2.75) is 24.8 Å². The van der Waals surface area contributed by atoms with Gasteiger partial charge in [-0.15, -0.1) is 0 Å². The van der Waals surface area contributed by atoms with E-state index in [9.17, 15) is 13.2 Å². The van der Waals surface area contributed by atoms with Gasteiger partial charge in [0.1, 0.15) is 0 Å². The van der Waals surface area contributed by atoms with E-state index in [4.69, 9.17) is 0 Å². The first-order chi connectivity index (χ1) is 14.3. The van der Waals surface area contributed by atoms with Crippen LogP contribution < -0.4 is 9.80 Å². The van der Waals surface area contributed by atoms with Crippen molar-refractivity contribution >= 4 is 33.1 Å². The lowest BCUT2D eigenvalue weighted by atomic mass is 10.0. The minimum atomic E-state index is -3.25. The van der Waals surface area contributed by atoms with Crippen molar-refractivity contribution in [1.82, 2.24) is 9.97 Å². The third kappa shape index (κ3) is 3.66. The highest BCUT2D eigenvalue weighted by atomic mass is 32.2. The SMILES string of the molecule is CC(=O)N1c2ccc(-c3ccc(S(C)(=O)=O)cc3)cc2N(c2ncccn2)CC1C. The van der Waals surface area contributed by atoms with Crippen LogP contribution in [0.15, 0.2) is 65.8 Å². The Bertz CT molecular complexity index is 1190. The Morgan fingerprint density at radius 3 is 2.23 bits per heavy atom. The zero-order chi connectivity index (χ0) is 21.5. The van der Waals surface area contributed by atoms with Gasteiger partial charge in [0.25, 0.3) is 0 Å². The summed E-state index contributed by atoms with van der Waals surface area (Å²) in [5.74, 6) is 0.543. The molecule has 2 aromatic carbocycles. The summed E-state index contributed by atoms with van der Waals surface area (Å²) in [7, 11) is -3.25. The van der Waals surface area contributed by atoms with E-state index in [1.54, 1.807) is 54.5 Å². The first kappa shape index (κ1) is 20.0. The highest BCUT2D eigenvalue weighted by Crippen LogP contribution is 2.41. The van der Waals surface area contributed by atoms with Gasteiger partial charge in [-0.25, -0.2) is 18.4 Å². The average Bonchev–Trinajstić information content (AvgIpc) is 2.72. The zero-order valence-corrected chi connectivity index (χ0v) is 17.8. The van der Waals surface area contributed by atoms with Crippen LogP contribution in [0.1, 0.15) is 13.8 Å². The topological polar surface area (TPSA) is 83.5 Å². The molecule has 0 fully saturated rings. The van der Waals surface area contributed by atoms with Gasteiger partial charge in [-0.2, -0.15) is 0 Å². The summed E-state index contributed by atoms with van der Waals surface area (Å²) in [5, 5.41) is 0. The number of benzene rings is 2. The van der Waals surface area contributed by atoms with E-state index in [0.29, 0.717) is 12.5 Å². The minimum Gasteiger partial charge on any atom is -0.306 e. The van der Waals surface area contributed by atoms with Crippen molar-refractivity contribution in [3.8, 4) is 11.1 Å². The fraction of sp³-hybridized carbons (Fsp3) is 0.227. The average molecular weight is 423 g/mol. The molecule has 0 bridgehead atoms. The van der Waals surface area contributed by atoms with Crippen molar-refractivity contribution in [2.24, 2.45) is 0 Å². The van der Waals surface area contributed by atoms with Crippen LogP contribution in [0.5, 0.6) is 0 Å². The summed E-state index contributed by atoms with van der Waals surface area (Å²) in [6.45, 7) is 4.12. The third-order valence-electron chi connectivity index (χ3n) is 5.16. The molecule has 8 heteroatoms. The predicted octanol–water partition coefficient (Wildman–Crippen LogP) is 3.44. The van der Waals surface area contributed by atoms with E-state index in [1.165, 1.54) is 6.26 Å². The maximum absolute atomic E-state index is 12.3. The number of carbonyl (C=O) groups excluding carboxylic acids is 1. The molecule has 0 spiro atoms. The molecule has 0 aliphatic carbocycles. The van der Waals surface area contributed by atoms with E-state index in [0.717, 1.165) is 22.5 Å². The molecule has 2 heterocycles. The largest absolute Gasteiger partial charge is 0.306 e. The molecule has 1 atom stereocenters. The second-order valence-electron chi connectivity index (χ2n) is 7.40. The lowest BCUT2D eigenvalue weighted by molar-refractivity contribution is -0.117. The lowest BCUT2D eigenvalue weighted by Crippen LogP contribution is -2.48. The Kier molecular flexibility index (Phi) is 5.03.